The second-order valence-electron chi connectivity index (χ2n) is 5.17. The maximum absolute atomic E-state index is 6.05. The molecule has 0 fully saturated rings. The fourth-order valence-corrected chi connectivity index (χ4v) is 2.65. The molecule has 0 rings (SSSR count). The van der Waals surface area contributed by atoms with Crippen molar-refractivity contribution >= 4 is 8.32 Å². The molecular weight excluding hydrogens is 309 g/mol. The third kappa shape index (κ3) is 6.71. The SMILES string of the molecule is CC(C)(C)[Si](C)(C)OCCC[CH2][Zn+].[Br-]. The first-order valence-electron chi connectivity index (χ1n) is 5.24. The van der Waals surface area contributed by atoms with E-state index in [0.29, 0.717) is 5.04 Å². The average Bonchev–Trinajstić information content (AvgIpc) is 1.96. The molecule has 0 aliphatic rings. The van der Waals surface area contributed by atoms with Gasteiger partial charge in [0.05, 0.1) is 0 Å². The van der Waals surface area contributed by atoms with Crippen molar-refractivity contribution in [2.24, 2.45) is 0 Å². The third-order valence-corrected chi connectivity index (χ3v) is 8.50. The molecule has 0 saturated carbocycles. The van der Waals surface area contributed by atoms with Crippen molar-refractivity contribution in [1.82, 2.24) is 0 Å². The third-order valence-electron chi connectivity index (χ3n) is 2.91. The van der Waals surface area contributed by atoms with Gasteiger partial charge in [0, 0.05) is 0 Å². The number of hydrogen-bond acceptors (Lipinski definition) is 1. The summed E-state index contributed by atoms with van der Waals surface area (Å²) in [5, 5.41) is 1.77. The van der Waals surface area contributed by atoms with Crippen molar-refractivity contribution in [2.75, 3.05) is 6.61 Å². The summed E-state index contributed by atoms with van der Waals surface area (Å²) in [6, 6.07) is 0. The van der Waals surface area contributed by atoms with Crippen LogP contribution < -0.4 is 17.0 Å². The van der Waals surface area contributed by atoms with Gasteiger partial charge >= 0.3 is 94.4 Å². The Labute approximate surface area is 111 Å². The molecule has 0 aliphatic carbocycles. The summed E-state index contributed by atoms with van der Waals surface area (Å²) >= 11 is 1.43. The maximum Gasteiger partial charge on any atom is -1.00 e. The van der Waals surface area contributed by atoms with Gasteiger partial charge in [-0.25, -0.2) is 0 Å². The van der Waals surface area contributed by atoms with Gasteiger partial charge in [-0.05, 0) is 0 Å². The number of halogens is 1. The number of hydrogen-bond donors (Lipinski definition) is 0. The largest absolute Gasteiger partial charge is 1.00 e. The Hall–Kier alpha value is 1.28. The Morgan fingerprint density at radius 3 is 2.00 bits per heavy atom. The van der Waals surface area contributed by atoms with E-state index in [1.165, 1.54) is 36.2 Å². The van der Waals surface area contributed by atoms with Crippen LogP contribution in [0.3, 0.4) is 0 Å². The van der Waals surface area contributed by atoms with Crippen molar-refractivity contribution in [2.45, 2.75) is 56.8 Å². The van der Waals surface area contributed by atoms with Gasteiger partial charge in [-0.3, -0.25) is 0 Å². The van der Waals surface area contributed by atoms with E-state index in [1.54, 1.807) is 0 Å². The minimum Gasteiger partial charge on any atom is -1.00 e. The summed E-state index contributed by atoms with van der Waals surface area (Å²) in [5.74, 6) is 0. The van der Waals surface area contributed by atoms with Crippen LogP contribution in [0.4, 0.5) is 0 Å². The molecule has 4 heteroatoms. The topological polar surface area (TPSA) is 9.23 Å². The van der Waals surface area contributed by atoms with Gasteiger partial charge in [0.15, 0.2) is 0 Å². The van der Waals surface area contributed by atoms with Crippen LogP contribution in [0.25, 0.3) is 0 Å². The average molecular weight is 333 g/mol. The quantitative estimate of drug-likeness (QED) is 0.533. The monoisotopic (exact) mass is 330 g/mol. The van der Waals surface area contributed by atoms with Gasteiger partial charge in [0.25, 0.3) is 0 Å². The Morgan fingerprint density at radius 2 is 1.64 bits per heavy atom. The van der Waals surface area contributed by atoms with Gasteiger partial charge in [0.2, 0.25) is 0 Å². The van der Waals surface area contributed by atoms with Crippen molar-refractivity contribution < 1.29 is 39.7 Å². The molecule has 0 aliphatic heterocycles. The van der Waals surface area contributed by atoms with E-state index < -0.39 is 8.32 Å². The predicted molar refractivity (Wildman–Crippen MR) is 57.2 cm³/mol. The van der Waals surface area contributed by atoms with Crippen LogP contribution in [0.2, 0.25) is 23.1 Å². The van der Waals surface area contributed by atoms with E-state index in [0.717, 1.165) is 6.61 Å². The first-order chi connectivity index (χ1) is 5.81. The molecule has 0 atom stereocenters. The van der Waals surface area contributed by atoms with Crippen molar-refractivity contribution in [3.05, 3.63) is 0 Å². The zero-order valence-electron chi connectivity index (χ0n) is 10.3. The predicted octanol–water partition coefficient (Wildman–Crippen LogP) is 0.758. The van der Waals surface area contributed by atoms with E-state index in [1.807, 2.05) is 0 Å². The van der Waals surface area contributed by atoms with Crippen LogP contribution in [0.15, 0.2) is 0 Å². The second-order valence-corrected chi connectivity index (χ2v) is 11.5. The van der Waals surface area contributed by atoms with Crippen molar-refractivity contribution in [3.8, 4) is 0 Å². The standard InChI is InChI=1S/C10H23OSi.BrH.Zn/c1-7-8-9-11-12(5,6)10(2,3)4;;/h1,7-9H2,2-6H3;1H;/q;;+1/p-1. The first-order valence-corrected chi connectivity index (χ1v) is 10.2. The summed E-state index contributed by atoms with van der Waals surface area (Å²) in [4.78, 5) is 0. The van der Waals surface area contributed by atoms with Crippen LogP contribution >= 0.6 is 0 Å². The molecule has 0 aromatic carbocycles. The van der Waals surface area contributed by atoms with E-state index >= 15 is 0 Å². The van der Waals surface area contributed by atoms with E-state index in [-0.39, 0.29) is 17.0 Å². The van der Waals surface area contributed by atoms with E-state index in [9.17, 15) is 0 Å². The van der Waals surface area contributed by atoms with E-state index in [4.69, 9.17) is 4.43 Å². The smallest absolute Gasteiger partial charge is 1.00 e. The van der Waals surface area contributed by atoms with Gasteiger partial charge in [0.1, 0.15) is 0 Å². The number of unbranched alkanes of at least 4 members (excludes halogenated alkanes) is 1. The molecular formula is C10H23BrOSiZn. The summed E-state index contributed by atoms with van der Waals surface area (Å²) in [6.45, 7) is 12.5. The van der Waals surface area contributed by atoms with Crippen LogP contribution in [0, 0.1) is 0 Å². The molecule has 82 valence electrons. The second kappa shape index (κ2) is 7.54. The van der Waals surface area contributed by atoms with Crippen LogP contribution in [0.1, 0.15) is 33.6 Å². The van der Waals surface area contributed by atoms with Crippen molar-refractivity contribution in [3.63, 3.8) is 0 Å². The number of rotatable bonds is 5. The molecule has 1 nitrogen and oxygen atoms in total. The summed E-state index contributed by atoms with van der Waals surface area (Å²) in [7, 11) is -1.44. The maximum atomic E-state index is 6.05. The van der Waals surface area contributed by atoms with Crippen LogP contribution in [0.5, 0.6) is 0 Å². The van der Waals surface area contributed by atoms with Gasteiger partial charge in [-0.15, -0.1) is 0 Å². The zero-order chi connectivity index (χ0) is 10.5. The van der Waals surface area contributed by atoms with Gasteiger partial charge in [-0.2, -0.15) is 0 Å². The molecule has 0 aromatic heterocycles. The summed E-state index contributed by atoms with van der Waals surface area (Å²) in [6.07, 6.45) is 2.61. The normalized spacial score (nSPS) is 12.5. The minimum absolute atomic E-state index is 0. The van der Waals surface area contributed by atoms with Crippen LogP contribution in [-0.2, 0) is 22.7 Å². The minimum atomic E-state index is -1.44. The Balaban J connectivity index is 0. The molecule has 0 spiro atoms. The Morgan fingerprint density at radius 1 is 1.14 bits per heavy atom. The molecule has 0 N–H and O–H groups in total. The molecule has 0 radical (unpaired) electrons. The molecule has 0 bridgehead atoms. The van der Waals surface area contributed by atoms with Gasteiger partial charge < -0.3 is 17.0 Å². The Bertz CT molecular complexity index is 146. The molecule has 0 unspecified atom stereocenters. The Kier molecular flexibility index (Phi) is 9.51. The molecule has 0 aromatic rings. The van der Waals surface area contributed by atoms with Crippen molar-refractivity contribution in [1.29, 1.82) is 0 Å². The summed E-state index contributed by atoms with van der Waals surface area (Å²) < 4.78 is 6.05. The zero-order valence-corrected chi connectivity index (χ0v) is 15.9. The van der Waals surface area contributed by atoms with E-state index in [2.05, 4.69) is 33.9 Å². The first kappa shape index (κ1) is 17.7. The van der Waals surface area contributed by atoms with Gasteiger partial charge in [-0.1, -0.05) is 0 Å². The molecule has 0 saturated heterocycles. The fraction of sp³-hybridized carbons (Fsp3) is 1.00. The molecule has 14 heavy (non-hydrogen) atoms. The molecule has 0 amide bonds. The van der Waals surface area contributed by atoms with Crippen LogP contribution in [-0.4, -0.2) is 14.9 Å². The summed E-state index contributed by atoms with van der Waals surface area (Å²) in [5.41, 5.74) is 0. The molecule has 0 heterocycles. The fourth-order valence-electron chi connectivity index (χ4n) is 0.823.